The van der Waals surface area contributed by atoms with Crippen molar-refractivity contribution in [3.8, 4) is 0 Å². The first-order valence-corrected chi connectivity index (χ1v) is 6.25. The largest absolute Gasteiger partial charge is 0.481 e. The summed E-state index contributed by atoms with van der Waals surface area (Å²) in [5.41, 5.74) is -1.10. The summed E-state index contributed by atoms with van der Waals surface area (Å²) in [5, 5.41) is 11.3. The number of nitrogens with one attached hydrogen (secondary N) is 1. The summed E-state index contributed by atoms with van der Waals surface area (Å²) in [6.07, 6.45) is 2.41. The van der Waals surface area contributed by atoms with Crippen molar-refractivity contribution in [1.82, 2.24) is 10.2 Å². The molecule has 1 aliphatic carbocycles. The second kappa shape index (κ2) is 6.02. The van der Waals surface area contributed by atoms with Crippen LogP contribution in [0.25, 0.3) is 0 Å². The first-order valence-electron chi connectivity index (χ1n) is 6.25. The van der Waals surface area contributed by atoms with Crippen molar-refractivity contribution in [2.75, 3.05) is 20.1 Å². The lowest BCUT2D eigenvalue weighted by molar-refractivity contribution is -0.141. The molecule has 1 rings (SSSR count). The van der Waals surface area contributed by atoms with Crippen molar-refractivity contribution in [3.63, 3.8) is 0 Å². The number of carbonyl (C=O) groups is 2. The minimum atomic E-state index is -1.10. The second-order valence-corrected chi connectivity index (χ2v) is 5.11. The van der Waals surface area contributed by atoms with Gasteiger partial charge in [-0.15, -0.1) is 0 Å². The molecule has 104 valence electrons. The van der Waals surface area contributed by atoms with Crippen LogP contribution in [0.1, 0.15) is 32.6 Å². The number of amides is 2. The van der Waals surface area contributed by atoms with Crippen LogP contribution in [-0.4, -0.2) is 47.8 Å². The lowest BCUT2D eigenvalue weighted by atomic mass is 9.80. The minimum Gasteiger partial charge on any atom is -0.481 e. The molecule has 1 fully saturated rings. The lowest BCUT2D eigenvalue weighted by Gasteiger charge is -2.34. The Bertz CT molecular complexity index is 318. The molecule has 0 bridgehead atoms. The molecular formula is C12H21FN2O3. The fourth-order valence-electron chi connectivity index (χ4n) is 1.91. The van der Waals surface area contributed by atoms with Crippen LogP contribution in [-0.2, 0) is 4.79 Å². The Morgan fingerprint density at radius 2 is 2.11 bits per heavy atom. The van der Waals surface area contributed by atoms with Crippen molar-refractivity contribution in [1.29, 1.82) is 0 Å². The number of hydrogen-bond donors (Lipinski definition) is 2. The standard InChI is InChI=1S/C12H21FN2O3/c1-9(10(16)17)8-15(2)11(18)14-7-6-12(13)4-3-5-12/h9H,3-8H2,1-2H3,(H,14,18)(H,16,17). The molecule has 0 spiro atoms. The summed E-state index contributed by atoms with van der Waals surface area (Å²) in [5.74, 6) is -1.55. The van der Waals surface area contributed by atoms with Crippen LogP contribution in [0.4, 0.5) is 9.18 Å². The van der Waals surface area contributed by atoms with E-state index >= 15 is 0 Å². The number of carboxylic acid groups (broad SMARTS) is 1. The fourth-order valence-corrected chi connectivity index (χ4v) is 1.91. The molecule has 2 amide bonds. The highest BCUT2D eigenvalue weighted by atomic mass is 19.1. The third kappa shape index (κ3) is 4.16. The average molecular weight is 260 g/mol. The summed E-state index contributed by atoms with van der Waals surface area (Å²) in [6.45, 7) is 1.97. The van der Waals surface area contributed by atoms with E-state index in [2.05, 4.69) is 5.32 Å². The monoisotopic (exact) mass is 260 g/mol. The van der Waals surface area contributed by atoms with Gasteiger partial charge in [-0.3, -0.25) is 4.79 Å². The highest BCUT2D eigenvalue weighted by Gasteiger charge is 2.36. The Balaban J connectivity index is 2.21. The number of nitrogens with zero attached hydrogens (tertiary/aromatic N) is 1. The number of carboxylic acids is 1. The van der Waals surface area contributed by atoms with E-state index in [0.29, 0.717) is 25.8 Å². The molecule has 5 nitrogen and oxygen atoms in total. The Morgan fingerprint density at radius 3 is 2.56 bits per heavy atom. The Labute approximate surface area is 106 Å². The van der Waals surface area contributed by atoms with Gasteiger partial charge in [0.05, 0.1) is 5.92 Å². The molecular weight excluding hydrogens is 239 g/mol. The predicted molar refractivity (Wildman–Crippen MR) is 65.1 cm³/mol. The summed E-state index contributed by atoms with van der Waals surface area (Å²) < 4.78 is 13.6. The van der Waals surface area contributed by atoms with Crippen LogP contribution in [0.5, 0.6) is 0 Å². The molecule has 0 aromatic heterocycles. The van der Waals surface area contributed by atoms with Crippen molar-refractivity contribution in [2.24, 2.45) is 5.92 Å². The van der Waals surface area contributed by atoms with Crippen LogP contribution in [0.15, 0.2) is 0 Å². The van der Waals surface area contributed by atoms with Crippen LogP contribution < -0.4 is 5.32 Å². The molecule has 0 radical (unpaired) electrons. The van der Waals surface area contributed by atoms with E-state index in [1.54, 1.807) is 0 Å². The fraction of sp³-hybridized carbons (Fsp3) is 0.833. The molecule has 6 heteroatoms. The molecule has 1 atom stereocenters. The van der Waals surface area contributed by atoms with Gasteiger partial charge in [0, 0.05) is 20.1 Å². The van der Waals surface area contributed by atoms with E-state index in [0.717, 1.165) is 6.42 Å². The highest BCUT2D eigenvalue weighted by Crippen LogP contribution is 2.38. The number of aliphatic carboxylic acids is 1. The lowest BCUT2D eigenvalue weighted by Crippen LogP contribution is -2.43. The molecule has 0 heterocycles. The molecule has 1 unspecified atom stereocenters. The van der Waals surface area contributed by atoms with E-state index in [-0.39, 0.29) is 12.6 Å². The molecule has 0 aliphatic heterocycles. The normalized spacial score (nSPS) is 18.6. The first kappa shape index (κ1) is 14.7. The van der Waals surface area contributed by atoms with Crippen LogP contribution in [0.3, 0.4) is 0 Å². The number of halogens is 1. The van der Waals surface area contributed by atoms with E-state index in [1.165, 1.54) is 18.9 Å². The third-order valence-corrected chi connectivity index (χ3v) is 3.41. The van der Waals surface area contributed by atoms with Gasteiger partial charge in [-0.25, -0.2) is 9.18 Å². The maximum absolute atomic E-state index is 13.6. The van der Waals surface area contributed by atoms with E-state index < -0.39 is 17.6 Å². The third-order valence-electron chi connectivity index (χ3n) is 3.41. The number of rotatable bonds is 6. The van der Waals surface area contributed by atoms with Crippen LogP contribution in [0, 0.1) is 5.92 Å². The summed E-state index contributed by atoms with van der Waals surface area (Å²) in [7, 11) is 1.53. The molecule has 0 aromatic carbocycles. The Kier molecular flexibility index (Phi) is 4.93. The Morgan fingerprint density at radius 1 is 1.50 bits per heavy atom. The zero-order valence-electron chi connectivity index (χ0n) is 10.9. The summed E-state index contributed by atoms with van der Waals surface area (Å²) in [6, 6.07) is -0.356. The van der Waals surface area contributed by atoms with E-state index in [9.17, 15) is 14.0 Å². The minimum absolute atomic E-state index is 0.141. The number of alkyl halides is 1. The van der Waals surface area contributed by atoms with Gasteiger partial charge < -0.3 is 15.3 Å². The van der Waals surface area contributed by atoms with Gasteiger partial charge in [-0.05, 0) is 25.7 Å². The molecule has 18 heavy (non-hydrogen) atoms. The molecule has 2 N–H and O–H groups in total. The van der Waals surface area contributed by atoms with Gasteiger partial charge >= 0.3 is 12.0 Å². The van der Waals surface area contributed by atoms with Crippen molar-refractivity contribution < 1.29 is 19.1 Å². The first-order chi connectivity index (χ1) is 8.34. The average Bonchev–Trinajstić information content (AvgIpc) is 2.26. The zero-order valence-corrected chi connectivity index (χ0v) is 10.9. The van der Waals surface area contributed by atoms with Crippen LogP contribution >= 0.6 is 0 Å². The van der Waals surface area contributed by atoms with E-state index in [1.807, 2.05) is 0 Å². The molecule has 1 aliphatic rings. The molecule has 0 saturated heterocycles. The molecule has 0 aromatic rings. The zero-order chi connectivity index (χ0) is 13.8. The quantitative estimate of drug-likeness (QED) is 0.762. The van der Waals surface area contributed by atoms with Crippen molar-refractivity contribution in [2.45, 2.75) is 38.3 Å². The highest BCUT2D eigenvalue weighted by molar-refractivity contribution is 5.75. The summed E-state index contributed by atoms with van der Waals surface area (Å²) >= 11 is 0. The summed E-state index contributed by atoms with van der Waals surface area (Å²) in [4.78, 5) is 23.5. The van der Waals surface area contributed by atoms with Gasteiger partial charge in [-0.1, -0.05) is 6.92 Å². The molecule has 1 saturated carbocycles. The smallest absolute Gasteiger partial charge is 0.317 e. The van der Waals surface area contributed by atoms with Crippen molar-refractivity contribution >= 4 is 12.0 Å². The van der Waals surface area contributed by atoms with E-state index in [4.69, 9.17) is 5.11 Å². The maximum Gasteiger partial charge on any atom is 0.317 e. The number of carbonyl (C=O) groups excluding carboxylic acids is 1. The second-order valence-electron chi connectivity index (χ2n) is 5.11. The van der Waals surface area contributed by atoms with Gasteiger partial charge in [0.25, 0.3) is 0 Å². The van der Waals surface area contributed by atoms with Crippen LogP contribution in [0.2, 0.25) is 0 Å². The van der Waals surface area contributed by atoms with Gasteiger partial charge in [0.15, 0.2) is 0 Å². The maximum atomic E-state index is 13.6. The number of urea groups is 1. The van der Waals surface area contributed by atoms with Gasteiger partial charge in [0.1, 0.15) is 5.67 Å². The van der Waals surface area contributed by atoms with Crippen molar-refractivity contribution in [3.05, 3.63) is 0 Å². The van der Waals surface area contributed by atoms with Gasteiger partial charge in [-0.2, -0.15) is 0 Å². The number of hydrogen-bond acceptors (Lipinski definition) is 2. The topological polar surface area (TPSA) is 69.6 Å². The predicted octanol–water partition coefficient (Wildman–Crippen LogP) is 1.63. The van der Waals surface area contributed by atoms with Gasteiger partial charge in [0.2, 0.25) is 0 Å². The Hall–Kier alpha value is -1.33. The SMILES string of the molecule is CC(CN(C)C(=O)NCCC1(F)CCC1)C(=O)O.